The van der Waals surface area contributed by atoms with Gasteiger partial charge < -0.3 is 10.1 Å². The van der Waals surface area contributed by atoms with E-state index >= 15 is 0 Å². The van der Waals surface area contributed by atoms with Gasteiger partial charge in [-0.05, 0) is 44.9 Å². The largest absolute Gasteiger partial charge is 0.376 e. The van der Waals surface area contributed by atoms with E-state index < -0.39 is 0 Å². The second-order valence-electron chi connectivity index (χ2n) is 5.44. The Labute approximate surface area is 111 Å². The topological polar surface area (TPSA) is 21.3 Å². The summed E-state index contributed by atoms with van der Waals surface area (Å²) in [5.74, 6) is 0. The fourth-order valence-corrected chi connectivity index (χ4v) is 2.75. The molecule has 1 atom stereocenters. The third-order valence-electron chi connectivity index (χ3n) is 3.96. The molecule has 1 aromatic carbocycles. The Morgan fingerprint density at radius 2 is 2.00 bits per heavy atom. The molecule has 1 fully saturated rings. The van der Waals surface area contributed by atoms with Crippen LogP contribution in [0.2, 0.25) is 0 Å². The molecule has 0 heterocycles. The summed E-state index contributed by atoms with van der Waals surface area (Å²) in [6, 6.07) is 6.95. The zero-order chi connectivity index (χ0) is 13.0. The van der Waals surface area contributed by atoms with Crippen LogP contribution >= 0.6 is 0 Å². The molecule has 1 aliphatic rings. The Bertz CT molecular complexity index is 383. The minimum absolute atomic E-state index is 0.311. The summed E-state index contributed by atoms with van der Waals surface area (Å²) >= 11 is 0. The van der Waals surface area contributed by atoms with E-state index in [4.69, 9.17) is 4.74 Å². The van der Waals surface area contributed by atoms with E-state index in [2.05, 4.69) is 37.4 Å². The summed E-state index contributed by atoms with van der Waals surface area (Å²) in [5, 5.41) is 3.39. The Kier molecular flexibility index (Phi) is 4.79. The molecular formula is C16H25NO. The number of hydrogen-bond acceptors (Lipinski definition) is 2. The van der Waals surface area contributed by atoms with Crippen molar-refractivity contribution in [2.75, 3.05) is 13.7 Å². The minimum Gasteiger partial charge on any atom is -0.376 e. The zero-order valence-corrected chi connectivity index (χ0v) is 11.8. The lowest BCUT2D eigenvalue weighted by molar-refractivity contribution is 0.0437. The number of ether oxygens (including phenoxy) is 1. The van der Waals surface area contributed by atoms with Gasteiger partial charge in [-0.1, -0.05) is 36.6 Å². The molecule has 1 aromatic rings. The lowest BCUT2D eigenvalue weighted by Crippen LogP contribution is -2.25. The van der Waals surface area contributed by atoms with Crippen molar-refractivity contribution in [3.8, 4) is 0 Å². The van der Waals surface area contributed by atoms with Crippen LogP contribution in [0.25, 0.3) is 0 Å². The highest BCUT2D eigenvalue weighted by molar-refractivity contribution is 5.33. The van der Waals surface area contributed by atoms with Crippen molar-refractivity contribution in [2.24, 2.45) is 0 Å². The third-order valence-corrected chi connectivity index (χ3v) is 3.96. The highest BCUT2D eigenvalue weighted by atomic mass is 16.5. The molecule has 0 aromatic heterocycles. The van der Waals surface area contributed by atoms with Gasteiger partial charge in [0.2, 0.25) is 0 Å². The van der Waals surface area contributed by atoms with Gasteiger partial charge in [0, 0.05) is 0 Å². The molecule has 0 saturated heterocycles. The lowest BCUT2D eigenvalue weighted by atomic mass is 9.99. The Morgan fingerprint density at radius 1 is 1.28 bits per heavy atom. The second kappa shape index (κ2) is 6.35. The van der Waals surface area contributed by atoms with Crippen LogP contribution in [0.4, 0.5) is 0 Å². The summed E-state index contributed by atoms with van der Waals surface area (Å²) < 4.78 is 6.04. The van der Waals surface area contributed by atoms with E-state index in [-0.39, 0.29) is 0 Å². The average Bonchev–Trinajstić information content (AvgIpc) is 2.87. The quantitative estimate of drug-likeness (QED) is 0.859. The first-order chi connectivity index (χ1) is 8.70. The molecule has 0 spiro atoms. The fraction of sp³-hybridized carbons (Fsp3) is 0.625. The molecule has 0 amide bonds. The molecule has 0 bridgehead atoms. The zero-order valence-electron chi connectivity index (χ0n) is 11.8. The van der Waals surface area contributed by atoms with Crippen LogP contribution in [-0.4, -0.2) is 19.8 Å². The van der Waals surface area contributed by atoms with Crippen molar-refractivity contribution < 1.29 is 4.74 Å². The van der Waals surface area contributed by atoms with Gasteiger partial charge in [-0.3, -0.25) is 0 Å². The summed E-state index contributed by atoms with van der Waals surface area (Å²) in [6.45, 7) is 5.10. The van der Waals surface area contributed by atoms with Gasteiger partial charge in [0.05, 0.1) is 18.8 Å². The first kappa shape index (κ1) is 13.6. The molecule has 1 unspecified atom stereocenters. The summed E-state index contributed by atoms with van der Waals surface area (Å²) in [5.41, 5.74) is 4.03. The maximum atomic E-state index is 6.04. The predicted molar refractivity (Wildman–Crippen MR) is 75.9 cm³/mol. The molecule has 100 valence electrons. The molecule has 1 N–H and O–H groups in total. The van der Waals surface area contributed by atoms with Gasteiger partial charge in [-0.25, -0.2) is 0 Å². The smallest absolute Gasteiger partial charge is 0.0665 e. The Balaban J connectivity index is 2.00. The first-order valence-electron chi connectivity index (χ1n) is 7.06. The second-order valence-corrected chi connectivity index (χ2v) is 5.44. The highest BCUT2D eigenvalue weighted by Crippen LogP contribution is 2.24. The van der Waals surface area contributed by atoms with Gasteiger partial charge in [0.25, 0.3) is 0 Å². The van der Waals surface area contributed by atoms with E-state index in [1.807, 2.05) is 7.05 Å². The van der Waals surface area contributed by atoms with Gasteiger partial charge in [0.15, 0.2) is 0 Å². The van der Waals surface area contributed by atoms with Crippen molar-refractivity contribution in [2.45, 2.75) is 51.7 Å². The van der Waals surface area contributed by atoms with E-state index in [1.54, 1.807) is 0 Å². The van der Waals surface area contributed by atoms with Crippen LogP contribution in [0.15, 0.2) is 18.2 Å². The molecule has 2 nitrogen and oxygen atoms in total. The normalized spacial score (nSPS) is 18.2. The Morgan fingerprint density at radius 3 is 2.67 bits per heavy atom. The van der Waals surface area contributed by atoms with Crippen LogP contribution < -0.4 is 5.32 Å². The van der Waals surface area contributed by atoms with Gasteiger partial charge >= 0.3 is 0 Å². The number of nitrogens with one attached hydrogen (secondary N) is 1. The van der Waals surface area contributed by atoms with Crippen LogP contribution in [0, 0.1) is 13.8 Å². The molecular weight excluding hydrogens is 222 g/mol. The van der Waals surface area contributed by atoms with Crippen LogP contribution in [-0.2, 0) is 4.74 Å². The molecule has 1 aliphatic carbocycles. The standard InChI is InChI=1S/C16H25NO/c1-12-8-9-13(2)15(10-12)16(17-3)11-18-14-6-4-5-7-14/h8-10,14,16-17H,4-7,11H2,1-3H3. The number of likely N-dealkylation sites (N-methyl/N-ethyl adjacent to an activating group) is 1. The maximum absolute atomic E-state index is 6.04. The summed E-state index contributed by atoms with van der Waals surface area (Å²) in [6.07, 6.45) is 5.63. The van der Waals surface area contributed by atoms with Gasteiger partial charge in [-0.2, -0.15) is 0 Å². The van der Waals surface area contributed by atoms with Crippen molar-refractivity contribution >= 4 is 0 Å². The van der Waals surface area contributed by atoms with E-state index in [9.17, 15) is 0 Å². The Hall–Kier alpha value is -0.860. The van der Waals surface area contributed by atoms with E-state index in [1.165, 1.54) is 42.4 Å². The van der Waals surface area contributed by atoms with Crippen LogP contribution in [0.5, 0.6) is 0 Å². The molecule has 2 rings (SSSR count). The monoisotopic (exact) mass is 247 g/mol. The molecule has 1 saturated carbocycles. The number of rotatable bonds is 5. The fourth-order valence-electron chi connectivity index (χ4n) is 2.75. The van der Waals surface area contributed by atoms with E-state index in [0.29, 0.717) is 12.1 Å². The molecule has 0 aliphatic heterocycles. The number of hydrogen-bond donors (Lipinski definition) is 1. The van der Waals surface area contributed by atoms with Crippen molar-refractivity contribution in [3.05, 3.63) is 34.9 Å². The SMILES string of the molecule is CNC(COC1CCCC1)c1cc(C)ccc1C. The average molecular weight is 247 g/mol. The van der Waals surface area contributed by atoms with E-state index in [0.717, 1.165) is 6.61 Å². The number of benzene rings is 1. The predicted octanol–water partition coefficient (Wildman–Crippen LogP) is 3.52. The van der Waals surface area contributed by atoms with Gasteiger partial charge in [0.1, 0.15) is 0 Å². The van der Waals surface area contributed by atoms with Crippen molar-refractivity contribution in [1.82, 2.24) is 5.32 Å². The summed E-state index contributed by atoms with van der Waals surface area (Å²) in [4.78, 5) is 0. The highest BCUT2D eigenvalue weighted by Gasteiger charge is 2.18. The molecule has 0 radical (unpaired) electrons. The van der Waals surface area contributed by atoms with Crippen LogP contribution in [0.1, 0.15) is 48.4 Å². The van der Waals surface area contributed by atoms with Crippen LogP contribution in [0.3, 0.4) is 0 Å². The lowest BCUT2D eigenvalue weighted by Gasteiger charge is -2.21. The molecule has 18 heavy (non-hydrogen) atoms. The van der Waals surface area contributed by atoms with Crippen molar-refractivity contribution in [3.63, 3.8) is 0 Å². The first-order valence-corrected chi connectivity index (χ1v) is 7.06. The maximum Gasteiger partial charge on any atom is 0.0665 e. The number of aryl methyl sites for hydroxylation is 2. The third kappa shape index (κ3) is 3.33. The minimum atomic E-state index is 0.311. The van der Waals surface area contributed by atoms with Crippen molar-refractivity contribution in [1.29, 1.82) is 0 Å². The molecule has 2 heteroatoms. The summed E-state index contributed by atoms with van der Waals surface area (Å²) in [7, 11) is 2.02. The van der Waals surface area contributed by atoms with Gasteiger partial charge in [-0.15, -0.1) is 0 Å².